The third-order valence-corrected chi connectivity index (χ3v) is 6.62. The van der Waals surface area contributed by atoms with Crippen molar-refractivity contribution in [3.05, 3.63) is 36.0 Å². The quantitative estimate of drug-likeness (QED) is 0.322. The Kier molecular flexibility index (Phi) is 5.84. The molecule has 10 N–H and O–H groups in total. The fourth-order valence-corrected chi connectivity index (χ4v) is 4.80. The number of aliphatic hydroxyl groups is 2. The van der Waals surface area contributed by atoms with Crippen LogP contribution in [0.1, 0.15) is 24.8 Å². The standard InChI is InChI=1S/C21H31N5O4/c22-14-8-17(24)21(19(28)18(14)27)6-5-12(30-21)10-26-20(29)15(23)7-11-9-25-16-4-2-1-3-13(11)16/h1-4,9,12,14-15,17-19,25,27-28H,5-8,10,22-24H2,(H,26,29)/t12-,14+,15-,17-,18-,19+,21-/m0/s1. The number of para-hydroxylation sites is 1. The summed E-state index contributed by atoms with van der Waals surface area (Å²) < 4.78 is 6.08. The summed E-state index contributed by atoms with van der Waals surface area (Å²) in [6.45, 7) is 0.268. The Morgan fingerprint density at radius 3 is 2.90 bits per heavy atom. The van der Waals surface area contributed by atoms with Gasteiger partial charge < -0.3 is 42.5 Å². The number of carbonyl (C=O) groups excluding carboxylic acids is 1. The van der Waals surface area contributed by atoms with Crippen molar-refractivity contribution in [3.8, 4) is 0 Å². The van der Waals surface area contributed by atoms with Crippen LogP contribution < -0.4 is 22.5 Å². The molecule has 0 unspecified atom stereocenters. The first kappa shape index (κ1) is 21.2. The number of benzene rings is 1. The second kappa shape index (κ2) is 8.26. The second-order valence-electron chi connectivity index (χ2n) is 8.59. The van der Waals surface area contributed by atoms with E-state index in [4.69, 9.17) is 21.9 Å². The minimum Gasteiger partial charge on any atom is -0.389 e. The summed E-state index contributed by atoms with van der Waals surface area (Å²) in [5, 5.41) is 24.6. The van der Waals surface area contributed by atoms with Crippen molar-refractivity contribution >= 4 is 16.8 Å². The Morgan fingerprint density at radius 1 is 1.33 bits per heavy atom. The van der Waals surface area contributed by atoms with Crippen molar-refractivity contribution < 1.29 is 19.7 Å². The number of nitrogens with one attached hydrogen (secondary N) is 2. The van der Waals surface area contributed by atoms with Crippen LogP contribution >= 0.6 is 0 Å². The van der Waals surface area contributed by atoms with Gasteiger partial charge in [-0.3, -0.25) is 4.79 Å². The molecule has 1 aliphatic carbocycles. The number of amides is 1. The largest absolute Gasteiger partial charge is 0.389 e. The number of aromatic nitrogens is 1. The maximum absolute atomic E-state index is 12.5. The first-order chi connectivity index (χ1) is 14.3. The van der Waals surface area contributed by atoms with Crippen LogP contribution in [0.15, 0.2) is 30.5 Å². The SMILES string of the molecule is N[C@@H]1C[C@H](N)[C@@]2(CC[C@@H](CNC(=O)[C@@H](N)Cc3c[nH]c4ccccc34)O2)[C@H](O)[C@H]1O. The Balaban J connectivity index is 1.32. The van der Waals surface area contributed by atoms with Crippen LogP contribution in [0.2, 0.25) is 0 Å². The topological polar surface area (TPSA) is 173 Å². The molecular weight excluding hydrogens is 386 g/mol. The van der Waals surface area contributed by atoms with Crippen LogP contribution in [0.3, 0.4) is 0 Å². The number of fused-ring (bicyclic) bond motifs is 1. The minimum atomic E-state index is -1.15. The van der Waals surface area contributed by atoms with E-state index in [1.165, 1.54) is 0 Å². The zero-order chi connectivity index (χ0) is 21.5. The van der Waals surface area contributed by atoms with Crippen molar-refractivity contribution in [2.75, 3.05) is 6.54 Å². The number of hydrogen-bond donors (Lipinski definition) is 7. The van der Waals surface area contributed by atoms with Crippen molar-refractivity contribution in [2.24, 2.45) is 17.2 Å². The van der Waals surface area contributed by atoms with Crippen LogP contribution in [0.25, 0.3) is 10.9 Å². The summed E-state index contributed by atoms with van der Waals surface area (Å²) in [5.74, 6) is -0.264. The van der Waals surface area contributed by atoms with E-state index in [0.29, 0.717) is 25.7 Å². The molecule has 30 heavy (non-hydrogen) atoms. The van der Waals surface area contributed by atoms with Gasteiger partial charge in [-0.05, 0) is 37.3 Å². The van der Waals surface area contributed by atoms with Crippen molar-refractivity contribution in [1.82, 2.24) is 10.3 Å². The molecule has 2 aromatic rings. The van der Waals surface area contributed by atoms with Crippen LogP contribution in [0.5, 0.6) is 0 Å². The highest BCUT2D eigenvalue weighted by molar-refractivity contribution is 5.86. The van der Waals surface area contributed by atoms with Gasteiger partial charge in [0.05, 0.1) is 18.2 Å². The van der Waals surface area contributed by atoms with Gasteiger partial charge in [0.1, 0.15) is 11.7 Å². The molecule has 1 saturated heterocycles. The van der Waals surface area contributed by atoms with Gasteiger partial charge in [0, 0.05) is 35.7 Å². The fourth-order valence-electron chi connectivity index (χ4n) is 4.80. The highest BCUT2D eigenvalue weighted by atomic mass is 16.5. The van der Waals surface area contributed by atoms with Crippen molar-refractivity contribution in [2.45, 2.75) is 67.7 Å². The number of ether oxygens (including phenoxy) is 1. The summed E-state index contributed by atoms with van der Waals surface area (Å²) in [6, 6.07) is 6.13. The van der Waals surface area contributed by atoms with E-state index >= 15 is 0 Å². The molecule has 2 heterocycles. The van der Waals surface area contributed by atoms with Crippen molar-refractivity contribution in [3.63, 3.8) is 0 Å². The third kappa shape index (κ3) is 3.73. The molecule has 1 saturated carbocycles. The second-order valence-corrected chi connectivity index (χ2v) is 8.59. The summed E-state index contributed by atoms with van der Waals surface area (Å²) in [5.41, 5.74) is 19.2. The third-order valence-electron chi connectivity index (χ3n) is 6.62. The predicted octanol–water partition coefficient (Wildman–Crippen LogP) is -1.15. The lowest BCUT2D eigenvalue weighted by Gasteiger charge is -2.47. The Bertz CT molecular complexity index is 904. The first-order valence-electron chi connectivity index (χ1n) is 10.4. The highest BCUT2D eigenvalue weighted by Crippen LogP contribution is 2.41. The van der Waals surface area contributed by atoms with Gasteiger partial charge in [-0.2, -0.15) is 0 Å². The molecule has 9 nitrogen and oxygen atoms in total. The van der Waals surface area contributed by atoms with E-state index in [0.717, 1.165) is 16.5 Å². The molecule has 1 aliphatic heterocycles. The highest BCUT2D eigenvalue weighted by Gasteiger charge is 2.56. The average Bonchev–Trinajstić information content (AvgIpc) is 3.35. The number of hydrogen-bond acceptors (Lipinski definition) is 7. The average molecular weight is 418 g/mol. The summed E-state index contributed by atoms with van der Waals surface area (Å²) >= 11 is 0. The summed E-state index contributed by atoms with van der Waals surface area (Å²) in [4.78, 5) is 15.7. The van der Waals surface area contributed by atoms with E-state index in [1.54, 1.807) is 0 Å². The Morgan fingerprint density at radius 2 is 2.10 bits per heavy atom. The lowest BCUT2D eigenvalue weighted by atomic mass is 9.73. The van der Waals surface area contributed by atoms with Gasteiger partial charge in [0.15, 0.2) is 0 Å². The Hall–Kier alpha value is -2.01. The number of H-pyrrole nitrogens is 1. The maximum atomic E-state index is 12.5. The number of rotatable bonds is 5. The lowest BCUT2D eigenvalue weighted by Crippen LogP contribution is -2.68. The molecule has 0 bridgehead atoms. The number of aliphatic hydroxyl groups excluding tert-OH is 2. The molecular formula is C21H31N5O4. The summed E-state index contributed by atoms with van der Waals surface area (Å²) in [6.07, 6.45) is 1.24. The van der Waals surface area contributed by atoms with E-state index in [-0.39, 0.29) is 18.6 Å². The van der Waals surface area contributed by atoms with E-state index in [2.05, 4.69) is 10.3 Å². The minimum absolute atomic E-state index is 0.264. The maximum Gasteiger partial charge on any atom is 0.237 e. The number of carbonyl (C=O) groups is 1. The zero-order valence-electron chi connectivity index (χ0n) is 16.8. The van der Waals surface area contributed by atoms with Gasteiger partial charge in [0.2, 0.25) is 5.91 Å². The molecule has 2 fully saturated rings. The van der Waals surface area contributed by atoms with Crippen LogP contribution in [0, 0.1) is 0 Å². The van der Waals surface area contributed by atoms with Crippen LogP contribution in [-0.2, 0) is 16.0 Å². The van der Waals surface area contributed by atoms with Crippen LogP contribution in [0.4, 0.5) is 0 Å². The summed E-state index contributed by atoms with van der Waals surface area (Å²) in [7, 11) is 0. The lowest BCUT2D eigenvalue weighted by molar-refractivity contribution is -0.185. The molecule has 1 aromatic carbocycles. The smallest absolute Gasteiger partial charge is 0.237 e. The van der Waals surface area contributed by atoms with E-state index in [1.807, 2.05) is 30.5 Å². The van der Waals surface area contributed by atoms with Gasteiger partial charge >= 0.3 is 0 Å². The molecule has 1 aromatic heterocycles. The van der Waals surface area contributed by atoms with Gasteiger partial charge in [-0.25, -0.2) is 0 Å². The molecule has 0 radical (unpaired) electrons. The molecule has 164 valence electrons. The molecule has 9 heteroatoms. The van der Waals surface area contributed by atoms with Gasteiger partial charge in [0.25, 0.3) is 0 Å². The number of aromatic amines is 1. The fraction of sp³-hybridized carbons (Fsp3) is 0.571. The predicted molar refractivity (Wildman–Crippen MR) is 112 cm³/mol. The monoisotopic (exact) mass is 417 g/mol. The molecule has 7 atom stereocenters. The van der Waals surface area contributed by atoms with Gasteiger partial charge in [-0.1, -0.05) is 18.2 Å². The van der Waals surface area contributed by atoms with Crippen LogP contribution in [-0.4, -0.2) is 69.7 Å². The normalized spacial score (nSPS) is 35.0. The van der Waals surface area contributed by atoms with E-state index in [9.17, 15) is 15.0 Å². The van der Waals surface area contributed by atoms with Crippen molar-refractivity contribution in [1.29, 1.82) is 0 Å². The molecule has 2 aliphatic rings. The van der Waals surface area contributed by atoms with E-state index < -0.39 is 35.9 Å². The molecule has 1 amide bonds. The number of nitrogens with two attached hydrogens (primary N) is 3. The zero-order valence-corrected chi connectivity index (χ0v) is 16.8. The molecule has 1 spiro atoms. The van der Waals surface area contributed by atoms with Gasteiger partial charge in [-0.15, -0.1) is 0 Å². The molecule has 4 rings (SSSR count). The Labute approximate surface area is 174 Å². The first-order valence-corrected chi connectivity index (χ1v) is 10.4.